The number of nitrogens with zero attached hydrogens (tertiary/aromatic N) is 2. The molecule has 1 aromatic rings. The van der Waals surface area contributed by atoms with Crippen LogP contribution in [0.1, 0.15) is 19.4 Å². The van der Waals surface area contributed by atoms with Gasteiger partial charge in [0, 0.05) is 29.3 Å². The lowest BCUT2D eigenvalue weighted by Gasteiger charge is -2.26. The van der Waals surface area contributed by atoms with E-state index < -0.39 is 5.97 Å². The summed E-state index contributed by atoms with van der Waals surface area (Å²) in [4.78, 5) is 12.7. The molecule has 0 heterocycles. The number of nitriles is 1. The van der Waals surface area contributed by atoms with Gasteiger partial charge in [-0.05, 0) is 37.6 Å². The van der Waals surface area contributed by atoms with Gasteiger partial charge < -0.3 is 10.0 Å². The minimum absolute atomic E-state index is 0.0924. The predicted octanol–water partition coefficient (Wildman–Crippen LogP) is 3.53. The van der Waals surface area contributed by atoms with Crippen molar-refractivity contribution in [1.82, 2.24) is 0 Å². The van der Waals surface area contributed by atoms with Crippen molar-refractivity contribution in [2.75, 3.05) is 18.0 Å². The van der Waals surface area contributed by atoms with Crippen LogP contribution in [0, 0.1) is 17.2 Å². The Balaban J connectivity index is 3.15. The maximum absolute atomic E-state index is 10.7. The maximum atomic E-state index is 10.7. The molecule has 20 heavy (non-hydrogen) atoms. The molecule has 0 radical (unpaired) electrons. The van der Waals surface area contributed by atoms with Crippen molar-refractivity contribution in [3.8, 4) is 6.07 Å². The molecule has 0 spiro atoms. The van der Waals surface area contributed by atoms with E-state index >= 15 is 0 Å². The monoisotopic (exact) mass is 336 g/mol. The van der Waals surface area contributed by atoms with Crippen molar-refractivity contribution in [2.24, 2.45) is 5.92 Å². The number of halogens is 1. The molecule has 1 rings (SSSR count). The lowest BCUT2D eigenvalue weighted by molar-refractivity contribution is -0.131. The lowest BCUT2D eigenvalue weighted by atomic mass is 10.1. The zero-order valence-electron chi connectivity index (χ0n) is 11.5. The molecule has 0 fully saturated rings. The molecule has 4 nitrogen and oxygen atoms in total. The van der Waals surface area contributed by atoms with E-state index in [1.54, 1.807) is 6.08 Å². The fraction of sp³-hybridized carbons (Fsp3) is 0.333. The zero-order valence-corrected chi connectivity index (χ0v) is 13.1. The number of carboxylic acid groups (broad SMARTS) is 1. The van der Waals surface area contributed by atoms with E-state index in [9.17, 15) is 4.79 Å². The molecule has 0 aliphatic rings. The van der Waals surface area contributed by atoms with Crippen LogP contribution in [0.2, 0.25) is 0 Å². The SMILES string of the molecule is CCN(CC(C)C#N)c1cc(Br)ccc1C=CC(=O)O. The molecule has 0 saturated carbocycles. The fourth-order valence-corrected chi connectivity index (χ4v) is 2.21. The minimum atomic E-state index is -0.979. The van der Waals surface area contributed by atoms with Crippen molar-refractivity contribution in [3.05, 3.63) is 34.3 Å². The normalized spacial score (nSPS) is 12.1. The number of hydrogen-bond acceptors (Lipinski definition) is 3. The van der Waals surface area contributed by atoms with E-state index in [-0.39, 0.29) is 5.92 Å². The number of benzene rings is 1. The summed E-state index contributed by atoms with van der Waals surface area (Å²) in [5, 5.41) is 17.7. The standard InChI is InChI=1S/C15H17BrN2O2/c1-3-18(10-11(2)9-17)14-8-13(16)6-4-12(14)5-7-15(19)20/h4-8,11H,3,10H2,1-2H3,(H,19,20). The molecule has 1 unspecified atom stereocenters. The van der Waals surface area contributed by atoms with Gasteiger partial charge in [0.1, 0.15) is 0 Å². The lowest BCUT2D eigenvalue weighted by Crippen LogP contribution is -2.28. The second-order valence-electron chi connectivity index (χ2n) is 4.44. The van der Waals surface area contributed by atoms with Gasteiger partial charge in [-0.25, -0.2) is 4.79 Å². The number of anilines is 1. The van der Waals surface area contributed by atoms with Gasteiger partial charge in [0.05, 0.1) is 12.0 Å². The van der Waals surface area contributed by atoms with Gasteiger partial charge in [-0.2, -0.15) is 5.26 Å². The van der Waals surface area contributed by atoms with Crippen molar-refractivity contribution >= 4 is 33.7 Å². The summed E-state index contributed by atoms with van der Waals surface area (Å²) in [6.45, 7) is 5.23. The van der Waals surface area contributed by atoms with Crippen molar-refractivity contribution in [3.63, 3.8) is 0 Å². The Labute approximate surface area is 127 Å². The topological polar surface area (TPSA) is 64.3 Å². The zero-order chi connectivity index (χ0) is 15.1. The fourth-order valence-electron chi connectivity index (χ4n) is 1.86. The van der Waals surface area contributed by atoms with E-state index in [1.807, 2.05) is 32.0 Å². The van der Waals surface area contributed by atoms with E-state index in [2.05, 4.69) is 26.9 Å². The third kappa shape index (κ3) is 4.71. The summed E-state index contributed by atoms with van der Waals surface area (Å²) < 4.78 is 0.919. The van der Waals surface area contributed by atoms with Crippen LogP contribution in [0.3, 0.4) is 0 Å². The first-order valence-corrected chi connectivity index (χ1v) is 7.12. The highest BCUT2D eigenvalue weighted by atomic mass is 79.9. The molecule has 5 heteroatoms. The average molecular weight is 337 g/mol. The predicted molar refractivity (Wildman–Crippen MR) is 83.5 cm³/mol. The third-order valence-corrected chi connectivity index (χ3v) is 3.33. The van der Waals surface area contributed by atoms with Gasteiger partial charge in [0.15, 0.2) is 0 Å². The van der Waals surface area contributed by atoms with Crippen molar-refractivity contribution in [1.29, 1.82) is 5.26 Å². The second-order valence-corrected chi connectivity index (χ2v) is 5.36. The van der Waals surface area contributed by atoms with Crippen LogP contribution in [-0.2, 0) is 4.79 Å². The van der Waals surface area contributed by atoms with E-state index in [4.69, 9.17) is 10.4 Å². The quantitative estimate of drug-likeness (QED) is 0.807. The number of carbonyl (C=O) groups is 1. The first-order chi connectivity index (χ1) is 9.47. The summed E-state index contributed by atoms with van der Waals surface area (Å²) in [7, 11) is 0. The first kappa shape index (κ1) is 16.3. The summed E-state index contributed by atoms with van der Waals surface area (Å²) >= 11 is 3.43. The van der Waals surface area contributed by atoms with E-state index in [1.165, 1.54) is 0 Å². The molecule has 1 aromatic carbocycles. The molecule has 0 aliphatic heterocycles. The smallest absolute Gasteiger partial charge is 0.328 e. The Bertz CT molecular complexity index is 549. The van der Waals surface area contributed by atoms with Gasteiger partial charge in [0.25, 0.3) is 0 Å². The number of carboxylic acids is 1. The second kappa shape index (κ2) is 7.71. The van der Waals surface area contributed by atoms with Gasteiger partial charge in [-0.1, -0.05) is 22.0 Å². The van der Waals surface area contributed by atoms with Gasteiger partial charge in [0.2, 0.25) is 0 Å². The Morgan fingerprint density at radius 1 is 1.60 bits per heavy atom. The molecule has 0 amide bonds. The molecule has 1 atom stereocenters. The summed E-state index contributed by atoms with van der Waals surface area (Å²) in [5.41, 5.74) is 1.74. The van der Waals surface area contributed by atoms with Crippen LogP contribution >= 0.6 is 15.9 Å². The van der Waals surface area contributed by atoms with Crippen LogP contribution in [0.15, 0.2) is 28.7 Å². The average Bonchev–Trinajstić information content (AvgIpc) is 2.42. The van der Waals surface area contributed by atoms with Gasteiger partial charge in [-0.3, -0.25) is 0 Å². The van der Waals surface area contributed by atoms with Gasteiger partial charge in [-0.15, -0.1) is 0 Å². The molecule has 0 bridgehead atoms. The Morgan fingerprint density at radius 2 is 2.30 bits per heavy atom. The first-order valence-electron chi connectivity index (χ1n) is 6.33. The number of aliphatic carboxylic acids is 1. The summed E-state index contributed by atoms with van der Waals surface area (Å²) in [6, 6.07) is 7.89. The molecular weight excluding hydrogens is 320 g/mol. The number of hydrogen-bond donors (Lipinski definition) is 1. The molecule has 1 N–H and O–H groups in total. The molecule has 0 aromatic heterocycles. The van der Waals surface area contributed by atoms with E-state index in [0.717, 1.165) is 28.3 Å². The molecule has 0 saturated heterocycles. The van der Waals surface area contributed by atoms with Gasteiger partial charge >= 0.3 is 5.97 Å². The highest BCUT2D eigenvalue weighted by Gasteiger charge is 2.12. The summed E-state index contributed by atoms with van der Waals surface area (Å²) in [6.07, 6.45) is 2.69. The minimum Gasteiger partial charge on any atom is -0.478 e. The highest BCUT2D eigenvalue weighted by Crippen LogP contribution is 2.27. The van der Waals surface area contributed by atoms with Crippen LogP contribution in [0.5, 0.6) is 0 Å². The van der Waals surface area contributed by atoms with Crippen molar-refractivity contribution in [2.45, 2.75) is 13.8 Å². The van der Waals surface area contributed by atoms with Crippen LogP contribution < -0.4 is 4.90 Å². The highest BCUT2D eigenvalue weighted by molar-refractivity contribution is 9.10. The Kier molecular flexibility index (Phi) is 6.26. The van der Waals surface area contributed by atoms with E-state index in [0.29, 0.717) is 6.54 Å². The van der Waals surface area contributed by atoms with Crippen LogP contribution in [0.25, 0.3) is 6.08 Å². The van der Waals surface area contributed by atoms with Crippen molar-refractivity contribution < 1.29 is 9.90 Å². The van der Waals surface area contributed by atoms with Crippen LogP contribution in [0.4, 0.5) is 5.69 Å². The largest absolute Gasteiger partial charge is 0.478 e. The van der Waals surface area contributed by atoms with Crippen LogP contribution in [-0.4, -0.2) is 24.2 Å². The Hall–Kier alpha value is -1.80. The number of rotatable bonds is 6. The molecule has 0 aliphatic carbocycles. The third-order valence-electron chi connectivity index (χ3n) is 2.83. The summed E-state index contributed by atoms with van der Waals surface area (Å²) in [5.74, 6) is -1.07. The molecular formula is C15H17BrN2O2. The molecule has 106 valence electrons. The maximum Gasteiger partial charge on any atom is 0.328 e. The Morgan fingerprint density at radius 3 is 2.85 bits per heavy atom.